The summed E-state index contributed by atoms with van der Waals surface area (Å²) in [7, 11) is 1.52. The van der Waals surface area contributed by atoms with E-state index in [0.717, 1.165) is 3.57 Å². The van der Waals surface area contributed by atoms with Crippen molar-refractivity contribution < 1.29 is 9.53 Å². The van der Waals surface area contributed by atoms with E-state index in [4.69, 9.17) is 16.3 Å². The minimum Gasteiger partial charge on any atom is -0.495 e. The van der Waals surface area contributed by atoms with Gasteiger partial charge in [-0.1, -0.05) is 29.8 Å². The number of carbonyl (C=O) groups excluding carboxylic acids is 1. The maximum atomic E-state index is 12.2. The molecule has 0 fully saturated rings. The van der Waals surface area contributed by atoms with Crippen molar-refractivity contribution in [1.29, 1.82) is 5.26 Å². The molecular formula is C17H12ClIN2O2. The van der Waals surface area contributed by atoms with E-state index in [1.807, 2.05) is 24.3 Å². The summed E-state index contributed by atoms with van der Waals surface area (Å²) >= 11 is 8.16. The van der Waals surface area contributed by atoms with E-state index in [-0.39, 0.29) is 5.57 Å². The number of para-hydroxylation sites is 1. The van der Waals surface area contributed by atoms with Crippen LogP contribution >= 0.6 is 34.2 Å². The Morgan fingerprint density at radius 2 is 2.09 bits per heavy atom. The lowest BCUT2D eigenvalue weighted by Crippen LogP contribution is -2.14. The number of nitrogens with one attached hydrogen (secondary N) is 1. The number of hydrogen-bond donors (Lipinski definition) is 1. The number of halogens is 2. The Bertz CT molecular complexity index is 812. The summed E-state index contributed by atoms with van der Waals surface area (Å²) in [6.45, 7) is 0. The second-order valence-electron chi connectivity index (χ2n) is 4.50. The molecule has 23 heavy (non-hydrogen) atoms. The maximum Gasteiger partial charge on any atom is 0.266 e. The van der Waals surface area contributed by atoms with Gasteiger partial charge in [0.1, 0.15) is 17.4 Å². The zero-order valence-electron chi connectivity index (χ0n) is 12.1. The molecule has 116 valence electrons. The molecule has 0 aromatic heterocycles. The van der Waals surface area contributed by atoms with E-state index in [9.17, 15) is 10.1 Å². The quantitative estimate of drug-likeness (QED) is 0.434. The molecule has 2 rings (SSSR count). The minimum atomic E-state index is -0.469. The number of benzene rings is 2. The van der Waals surface area contributed by atoms with Crippen LogP contribution in [0.15, 0.2) is 48.0 Å². The predicted octanol–water partition coefficient (Wildman–Crippen LogP) is 4.50. The monoisotopic (exact) mass is 438 g/mol. The van der Waals surface area contributed by atoms with Crippen molar-refractivity contribution in [2.24, 2.45) is 0 Å². The number of amides is 1. The number of ether oxygens (including phenoxy) is 1. The van der Waals surface area contributed by atoms with Crippen molar-refractivity contribution in [2.45, 2.75) is 0 Å². The van der Waals surface area contributed by atoms with Crippen LogP contribution in [0.3, 0.4) is 0 Å². The number of nitrogens with zero attached hydrogens (tertiary/aromatic N) is 1. The second kappa shape index (κ2) is 7.99. The number of anilines is 1. The van der Waals surface area contributed by atoms with Gasteiger partial charge in [-0.05, 0) is 58.5 Å². The fourth-order valence-electron chi connectivity index (χ4n) is 1.84. The van der Waals surface area contributed by atoms with Gasteiger partial charge in [0.05, 0.1) is 17.8 Å². The van der Waals surface area contributed by atoms with Crippen LogP contribution in [0.2, 0.25) is 5.02 Å². The molecule has 4 nitrogen and oxygen atoms in total. The summed E-state index contributed by atoms with van der Waals surface area (Å²) in [6, 6.07) is 14.3. The Morgan fingerprint density at radius 3 is 2.70 bits per heavy atom. The zero-order chi connectivity index (χ0) is 16.8. The van der Waals surface area contributed by atoms with Crippen LogP contribution < -0.4 is 10.1 Å². The Balaban J connectivity index is 2.25. The third-order valence-corrected chi connectivity index (χ3v) is 4.21. The molecular weight excluding hydrogens is 427 g/mol. The van der Waals surface area contributed by atoms with Crippen LogP contribution in [0.4, 0.5) is 5.69 Å². The average molecular weight is 439 g/mol. The Kier molecular flexibility index (Phi) is 6.02. The summed E-state index contributed by atoms with van der Waals surface area (Å²) < 4.78 is 5.97. The third kappa shape index (κ3) is 4.47. The van der Waals surface area contributed by atoms with Crippen LogP contribution in [0.5, 0.6) is 5.75 Å². The Morgan fingerprint density at radius 1 is 1.35 bits per heavy atom. The molecule has 0 aliphatic carbocycles. The highest BCUT2D eigenvalue weighted by Crippen LogP contribution is 2.26. The lowest BCUT2D eigenvalue weighted by Gasteiger charge is -2.07. The highest BCUT2D eigenvalue weighted by Gasteiger charge is 2.11. The van der Waals surface area contributed by atoms with E-state index in [1.165, 1.54) is 13.2 Å². The van der Waals surface area contributed by atoms with Gasteiger partial charge < -0.3 is 10.1 Å². The molecule has 0 atom stereocenters. The molecule has 0 aliphatic heterocycles. The van der Waals surface area contributed by atoms with Crippen LogP contribution in [0, 0.1) is 14.9 Å². The summed E-state index contributed by atoms with van der Waals surface area (Å²) in [5, 5.41) is 12.4. The van der Waals surface area contributed by atoms with Gasteiger partial charge in [-0.2, -0.15) is 5.26 Å². The van der Waals surface area contributed by atoms with Gasteiger partial charge in [0, 0.05) is 3.57 Å². The molecule has 0 bridgehead atoms. The van der Waals surface area contributed by atoms with Crippen molar-refractivity contribution in [3.63, 3.8) is 0 Å². The van der Waals surface area contributed by atoms with E-state index in [1.54, 1.807) is 24.3 Å². The van der Waals surface area contributed by atoms with Crippen molar-refractivity contribution in [1.82, 2.24) is 0 Å². The minimum absolute atomic E-state index is 0.00844. The summed E-state index contributed by atoms with van der Waals surface area (Å²) in [4.78, 5) is 12.2. The van der Waals surface area contributed by atoms with Crippen molar-refractivity contribution >= 4 is 51.9 Å². The van der Waals surface area contributed by atoms with Gasteiger partial charge in [-0.25, -0.2) is 0 Å². The molecule has 2 aromatic rings. The molecule has 0 unspecified atom stereocenters. The third-order valence-electron chi connectivity index (χ3n) is 2.97. The largest absolute Gasteiger partial charge is 0.495 e. The average Bonchev–Trinajstić information content (AvgIpc) is 2.54. The normalized spacial score (nSPS) is 10.8. The Hall–Kier alpha value is -2.04. The zero-order valence-corrected chi connectivity index (χ0v) is 15.1. The van der Waals surface area contributed by atoms with Gasteiger partial charge in [0.25, 0.3) is 5.91 Å². The molecule has 1 amide bonds. The van der Waals surface area contributed by atoms with Crippen LogP contribution in [-0.4, -0.2) is 13.0 Å². The fraction of sp³-hybridized carbons (Fsp3) is 0.0588. The van der Waals surface area contributed by atoms with Crippen molar-refractivity contribution in [3.05, 3.63) is 62.2 Å². The fourth-order valence-corrected chi connectivity index (χ4v) is 2.63. The van der Waals surface area contributed by atoms with E-state index in [0.29, 0.717) is 22.0 Å². The molecule has 0 radical (unpaired) electrons. The molecule has 1 N–H and O–H groups in total. The number of rotatable bonds is 4. The van der Waals surface area contributed by atoms with Crippen molar-refractivity contribution in [2.75, 3.05) is 12.4 Å². The SMILES string of the molecule is COc1ccc(/C=C(/C#N)C(=O)Nc2ccccc2I)cc1Cl. The molecule has 0 aliphatic rings. The van der Waals surface area contributed by atoms with E-state index < -0.39 is 5.91 Å². The smallest absolute Gasteiger partial charge is 0.266 e. The van der Waals surface area contributed by atoms with Gasteiger partial charge in [0.2, 0.25) is 0 Å². The van der Waals surface area contributed by atoms with Crippen LogP contribution in [0.25, 0.3) is 6.08 Å². The van der Waals surface area contributed by atoms with Gasteiger partial charge in [-0.3, -0.25) is 4.79 Å². The topological polar surface area (TPSA) is 62.1 Å². The summed E-state index contributed by atoms with van der Waals surface area (Å²) in [6.07, 6.45) is 1.48. The standard InChI is InChI=1S/C17H12ClIN2O2/c1-23-16-7-6-11(9-13(16)18)8-12(10-20)17(22)21-15-5-3-2-4-14(15)19/h2-9H,1H3,(H,21,22)/b12-8-. The molecule has 0 saturated carbocycles. The first-order valence-corrected chi connectivity index (χ1v) is 8.02. The summed E-state index contributed by atoms with van der Waals surface area (Å²) in [5.41, 5.74) is 1.29. The molecule has 2 aromatic carbocycles. The van der Waals surface area contributed by atoms with E-state index in [2.05, 4.69) is 27.9 Å². The lowest BCUT2D eigenvalue weighted by molar-refractivity contribution is -0.112. The highest BCUT2D eigenvalue weighted by molar-refractivity contribution is 14.1. The predicted molar refractivity (Wildman–Crippen MR) is 99.4 cm³/mol. The molecule has 0 saturated heterocycles. The number of nitriles is 1. The van der Waals surface area contributed by atoms with Gasteiger partial charge in [0.15, 0.2) is 0 Å². The summed E-state index contributed by atoms with van der Waals surface area (Å²) in [5.74, 6) is 0.0640. The molecule has 0 spiro atoms. The maximum absolute atomic E-state index is 12.2. The van der Waals surface area contributed by atoms with Gasteiger partial charge in [-0.15, -0.1) is 0 Å². The van der Waals surface area contributed by atoms with Gasteiger partial charge >= 0.3 is 0 Å². The number of carbonyl (C=O) groups is 1. The number of methoxy groups -OCH3 is 1. The first kappa shape index (κ1) is 17.3. The number of hydrogen-bond acceptors (Lipinski definition) is 3. The van der Waals surface area contributed by atoms with Crippen LogP contribution in [0.1, 0.15) is 5.56 Å². The molecule has 0 heterocycles. The van der Waals surface area contributed by atoms with Crippen LogP contribution in [-0.2, 0) is 4.79 Å². The van der Waals surface area contributed by atoms with E-state index >= 15 is 0 Å². The first-order valence-electron chi connectivity index (χ1n) is 6.56. The first-order chi connectivity index (χ1) is 11.0. The highest BCUT2D eigenvalue weighted by atomic mass is 127. The lowest BCUT2D eigenvalue weighted by atomic mass is 10.1. The van der Waals surface area contributed by atoms with Crippen molar-refractivity contribution in [3.8, 4) is 11.8 Å². The Labute approximate surface area is 152 Å². The molecule has 6 heteroatoms. The second-order valence-corrected chi connectivity index (χ2v) is 6.07.